The summed E-state index contributed by atoms with van der Waals surface area (Å²) in [5.41, 5.74) is 2.56. The van der Waals surface area contributed by atoms with Gasteiger partial charge in [-0.05, 0) is 66.3 Å². The number of rotatable bonds is 7. The minimum Gasteiger partial charge on any atom is -0.478 e. The van der Waals surface area contributed by atoms with Gasteiger partial charge in [-0.3, -0.25) is 0 Å². The lowest BCUT2D eigenvalue weighted by Crippen LogP contribution is -1.95. The first kappa shape index (κ1) is 19.3. The topological polar surface area (TPSA) is 37.3 Å². The van der Waals surface area contributed by atoms with Gasteiger partial charge in [-0.15, -0.1) is 0 Å². The van der Waals surface area contributed by atoms with Gasteiger partial charge in [0.1, 0.15) is 0 Å². The Bertz CT molecular complexity index is 816. The van der Waals surface area contributed by atoms with E-state index in [0.29, 0.717) is 5.56 Å². The van der Waals surface area contributed by atoms with Crippen molar-refractivity contribution < 1.29 is 9.90 Å². The van der Waals surface area contributed by atoms with Gasteiger partial charge in [-0.2, -0.15) is 0 Å². The van der Waals surface area contributed by atoms with Crippen LogP contribution in [0.25, 0.3) is 16.8 Å². The quantitative estimate of drug-likeness (QED) is 0.548. The normalized spacial score (nSPS) is 12.8. The van der Waals surface area contributed by atoms with Crippen molar-refractivity contribution in [1.29, 1.82) is 0 Å². The number of hydrogen-bond acceptors (Lipinski definition) is 1. The number of hydrogen-bond donors (Lipinski definition) is 1. The van der Waals surface area contributed by atoms with Gasteiger partial charge >= 0.3 is 5.97 Å². The fourth-order valence-electron chi connectivity index (χ4n) is 2.71. The van der Waals surface area contributed by atoms with E-state index in [9.17, 15) is 4.79 Å². The number of carbonyl (C=O) groups is 1. The molecule has 25 heavy (non-hydrogen) atoms. The van der Waals surface area contributed by atoms with Crippen molar-refractivity contribution in [2.24, 2.45) is 5.92 Å². The number of halogens is 1. The minimum absolute atomic E-state index is 0.304. The molecule has 3 heteroatoms. The first-order valence-electron chi connectivity index (χ1n) is 8.67. The summed E-state index contributed by atoms with van der Waals surface area (Å²) >= 11 is 6.40. The Kier molecular flexibility index (Phi) is 6.83. The van der Waals surface area contributed by atoms with Gasteiger partial charge in [-0.25, -0.2) is 4.79 Å². The molecular formula is C22H25ClO2. The number of carboxylic acid groups (broad SMARTS) is 1. The molecule has 0 atom stereocenters. The van der Waals surface area contributed by atoms with E-state index in [1.165, 1.54) is 12.0 Å². The average molecular weight is 357 g/mol. The molecule has 0 bridgehead atoms. The predicted octanol–water partition coefficient (Wildman–Crippen LogP) is 6.89. The Hall–Kier alpha value is -2.06. The largest absolute Gasteiger partial charge is 0.478 e. The third kappa shape index (κ3) is 5.75. The Morgan fingerprint density at radius 2 is 1.84 bits per heavy atom. The summed E-state index contributed by atoms with van der Waals surface area (Å²) in [4.78, 5) is 11.0. The van der Waals surface area contributed by atoms with Crippen LogP contribution in [0.2, 0.25) is 0 Å². The monoisotopic (exact) mass is 356 g/mol. The summed E-state index contributed by atoms with van der Waals surface area (Å²) < 4.78 is 0. The van der Waals surface area contributed by atoms with Crippen LogP contribution in [-0.2, 0) is 0 Å². The molecule has 1 N–H and O–H groups in total. The summed E-state index contributed by atoms with van der Waals surface area (Å²) in [6.07, 6.45) is 7.35. The molecule has 0 radical (unpaired) electrons. The molecule has 0 unspecified atom stereocenters. The van der Waals surface area contributed by atoms with Gasteiger partial charge in [0.2, 0.25) is 0 Å². The van der Waals surface area contributed by atoms with Crippen molar-refractivity contribution in [2.45, 2.75) is 40.0 Å². The molecule has 0 aliphatic carbocycles. The molecule has 2 rings (SSSR count). The molecule has 2 nitrogen and oxygen atoms in total. The van der Waals surface area contributed by atoms with E-state index in [4.69, 9.17) is 16.7 Å². The van der Waals surface area contributed by atoms with Crippen LogP contribution in [0.4, 0.5) is 0 Å². The number of fused-ring (bicyclic) bond motifs is 1. The smallest absolute Gasteiger partial charge is 0.335 e. The van der Waals surface area contributed by atoms with Crippen LogP contribution >= 0.6 is 11.6 Å². The maximum atomic E-state index is 11.0. The zero-order valence-corrected chi connectivity index (χ0v) is 15.8. The van der Waals surface area contributed by atoms with Crippen LogP contribution in [0.15, 0.2) is 53.1 Å². The molecule has 2 aromatic carbocycles. The van der Waals surface area contributed by atoms with E-state index in [2.05, 4.69) is 20.8 Å². The molecule has 0 amide bonds. The second-order valence-corrected chi connectivity index (χ2v) is 7.28. The lowest BCUT2D eigenvalue weighted by atomic mass is 10.0. The standard InChI is InChI=1S/C22H25ClO2/c1-15(2)5-4-6-16(3)21(23)12-8-17-7-9-19-14-20(22(24)25)11-10-18(19)13-17/h7-15H,4-6H2,1-3H3,(H,24,25)/b12-8+,21-16+. The molecule has 0 aliphatic heterocycles. The van der Waals surface area contributed by atoms with Crippen LogP contribution < -0.4 is 0 Å². The molecule has 0 saturated heterocycles. The van der Waals surface area contributed by atoms with Crippen LogP contribution in [0, 0.1) is 5.92 Å². The highest BCUT2D eigenvalue weighted by atomic mass is 35.5. The van der Waals surface area contributed by atoms with Crippen LogP contribution in [-0.4, -0.2) is 11.1 Å². The first-order chi connectivity index (χ1) is 11.9. The van der Waals surface area contributed by atoms with Gasteiger partial charge < -0.3 is 5.11 Å². The SMILES string of the molecule is C/C(CCCC(C)C)=C(Cl)/C=C/c1ccc2cc(C(=O)O)ccc2c1. The Morgan fingerprint density at radius 3 is 2.52 bits per heavy atom. The van der Waals surface area contributed by atoms with E-state index in [-0.39, 0.29) is 0 Å². The number of carboxylic acids is 1. The summed E-state index contributed by atoms with van der Waals surface area (Å²) in [5, 5.41) is 11.8. The van der Waals surface area contributed by atoms with E-state index in [1.54, 1.807) is 12.1 Å². The van der Waals surface area contributed by atoms with E-state index in [0.717, 1.165) is 40.1 Å². The van der Waals surface area contributed by atoms with Crippen molar-refractivity contribution >= 4 is 34.4 Å². The predicted molar refractivity (Wildman–Crippen MR) is 107 cm³/mol. The lowest BCUT2D eigenvalue weighted by molar-refractivity contribution is 0.0697. The van der Waals surface area contributed by atoms with Crippen molar-refractivity contribution in [3.8, 4) is 0 Å². The molecule has 0 aromatic heterocycles. The highest BCUT2D eigenvalue weighted by molar-refractivity contribution is 6.31. The van der Waals surface area contributed by atoms with Gasteiger partial charge in [0.25, 0.3) is 0 Å². The first-order valence-corrected chi connectivity index (χ1v) is 9.05. The molecule has 0 heterocycles. The summed E-state index contributed by atoms with van der Waals surface area (Å²) in [6, 6.07) is 11.1. The van der Waals surface area contributed by atoms with Gasteiger partial charge in [0, 0.05) is 5.03 Å². The molecular weight excluding hydrogens is 332 g/mol. The van der Waals surface area contributed by atoms with E-state index >= 15 is 0 Å². The second kappa shape index (κ2) is 8.87. The van der Waals surface area contributed by atoms with E-state index < -0.39 is 5.97 Å². The highest BCUT2D eigenvalue weighted by Crippen LogP contribution is 2.22. The number of aromatic carboxylic acids is 1. The Labute approximate surface area is 154 Å². The molecule has 0 fully saturated rings. The third-order valence-electron chi connectivity index (χ3n) is 4.27. The molecule has 2 aromatic rings. The Morgan fingerprint density at radius 1 is 1.16 bits per heavy atom. The van der Waals surface area contributed by atoms with Crippen LogP contribution in [0.3, 0.4) is 0 Å². The summed E-state index contributed by atoms with van der Waals surface area (Å²) in [7, 11) is 0. The summed E-state index contributed by atoms with van der Waals surface area (Å²) in [6.45, 7) is 6.56. The number of allylic oxidation sites excluding steroid dienone is 3. The zero-order valence-electron chi connectivity index (χ0n) is 15.1. The minimum atomic E-state index is -0.907. The van der Waals surface area contributed by atoms with Crippen LogP contribution in [0.1, 0.15) is 56.0 Å². The lowest BCUT2D eigenvalue weighted by Gasteiger charge is -2.06. The molecule has 0 saturated carbocycles. The molecule has 0 spiro atoms. The fraction of sp³-hybridized carbons (Fsp3) is 0.318. The maximum Gasteiger partial charge on any atom is 0.335 e. The molecule has 132 valence electrons. The van der Waals surface area contributed by atoms with Gasteiger partial charge in [0.15, 0.2) is 0 Å². The van der Waals surface area contributed by atoms with Crippen molar-refractivity contribution in [1.82, 2.24) is 0 Å². The summed E-state index contributed by atoms with van der Waals surface area (Å²) in [5.74, 6) is -0.183. The van der Waals surface area contributed by atoms with Crippen LogP contribution in [0.5, 0.6) is 0 Å². The number of benzene rings is 2. The average Bonchev–Trinajstić information content (AvgIpc) is 2.58. The van der Waals surface area contributed by atoms with Gasteiger partial charge in [0.05, 0.1) is 5.56 Å². The van der Waals surface area contributed by atoms with Crippen molar-refractivity contribution in [2.75, 3.05) is 0 Å². The fourth-order valence-corrected chi connectivity index (χ4v) is 2.86. The maximum absolute atomic E-state index is 11.0. The highest BCUT2D eigenvalue weighted by Gasteiger charge is 2.04. The molecule has 0 aliphatic rings. The van der Waals surface area contributed by atoms with Crippen molar-refractivity contribution in [3.63, 3.8) is 0 Å². The van der Waals surface area contributed by atoms with E-state index in [1.807, 2.05) is 36.4 Å². The van der Waals surface area contributed by atoms with Crippen molar-refractivity contribution in [3.05, 3.63) is 64.2 Å². The Balaban J connectivity index is 2.12. The zero-order chi connectivity index (χ0) is 18.4. The van der Waals surface area contributed by atoms with Gasteiger partial charge in [-0.1, -0.05) is 61.7 Å². The third-order valence-corrected chi connectivity index (χ3v) is 4.72. The second-order valence-electron chi connectivity index (χ2n) is 6.87.